The average Bonchev–Trinajstić information content (AvgIpc) is 3.21. The van der Waals surface area contributed by atoms with Crippen molar-refractivity contribution in [3.05, 3.63) is 36.2 Å². The highest BCUT2D eigenvalue weighted by molar-refractivity contribution is 5.75. The number of hydrogen-bond donors (Lipinski definition) is 1. The summed E-state index contributed by atoms with van der Waals surface area (Å²) >= 11 is 0. The predicted octanol–water partition coefficient (Wildman–Crippen LogP) is 2.20. The lowest BCUT2D eigenvalue weighted by Crippen LogP contribution is -2.46. The molecule has 0 spiro atoms. The van der Waals surface area contributed by atoms with Crippen LogP contribution >= 0.6 is 0 Å². The quantitative estimate of drug-likeness (QED) is 0.632. The molecule has 1 saturated heterocycles. The summed E-state index contributed by atoms with van der Waals surface area (Å²) in [6, 6.07) is 9.71. The van der Waals surface area contributed by atoms with Gasteiger partial charge in [-0.3, -0.25) is 4.79 Å². The van der Waals surface area contributed by atoms with Crippen LogP contribution in [0.3, 0.4) is 0 Å². The molecule has 0 unspecified atom stereocenters. The SMILES string of the molecule is CCN1CCN(CCCNC(=O)CCCc2nnc(-c3ccccc3)o2)CC1. The average molecular weight is 386 g/mol. The summed E-state index contributed by atoms with van der Waals surface area (Å²) in [5.74, 6) is 1.20. The third-order valence-electron chi connectivity index (χ3n) is 5.17. The number of aromatic nitrogens is 2. The van der Waals surface area contributed by atoms with Crippen molar-refractivity contribution in [3.8, 4) is 11.5 Å². The van der Waals surface area contributed by atoms with E-state index in [1.54, 1.807) is 0 Å². The van der Waals surface area contributed by atoms with Gasteiger partial charge in [0.2, 0.25) is 17.7 Å². The second kappa shape index (κ2) is 10.9. The Morgan fingerprint density at radius 3 is 2.57 bits per heavy atom. The number of aryl methyl sites for hydroxylation is 1. The van der Waals surface area contributed by atoms with Crippen LogP contribution in [0.1, 0.15) is 32.1 Å². The lowest BCUT2D eigenvalue weighted by Gasteiger charge is -2.33. The van der Waals surface area contributed by atoms with Gasteiger partial charge in [-0.1, -0.05) is 25.1 Å². The van der Waals surface area contributed by atoms with Crippen molar-refractivity contribution in [3.63, 3.8) is 0 Å². The molecule has 1 amide bonds. The maximum atomic E-state index is 12.0. The number of hydrogen-bond acceptors (Lipinski definition) is 6. The molecule has 1 aliphatic heterocycles. The minimum absolute atomic E-state index is 0.0959. The second-order valence-corrected chi connectivity index (χ2v) is 7.20. The molecule has 0 atom stereocenters. The van der Waals surface area contributed by atoms with E-state index >= 15 is 0 Å². The van der Waals surface area contributed by atoms with Gasteiger partial charge in [-0.15, -0.1) is 10.2 Å². The topological polar surface area (TPSA) is 74.5 Å². The Bertz CT molecular complexity index is 711. The smallest absolute Gasteiger partial charge is 0.247 e. The van der Waals surface area contributed by atoms with Gasteiger partial charge >= 0.3 is 0 Å². The molecule has 0 aliphatic carbocycles. The lowest BCUT2D eigenvalue weighted by atomic mass is 10.2. The van der Waals surface area contributed by atoms with Gasteiger partial charge in [0.1, 0.15) is 0 Å². The molecule has 152 valence electrons. The number of amides is 1. The van der Waals surface area contributed by atoms with E-state index in [9.17, 15) is 4.79 Å². The zero-order valence-corrected chi connectivity index (χ0v) is 16.8. The first kappa shape index (κ1) is 20.5. The molecule has 7 nitrogen and oxygen atoms in total. The highest BCUT2D eigenvalue weighted by Gasteiger charge is 2.14. The monoisotopic (exact) mass is 385 g/mol. The number of carbonyl (C=O) groups is 1. The second-order valence-electron chi connectivity index (χ2n) is 7.20. The maximum absolute atomic E-state index is 12.0. The normalized spacial score (nSPS) is 15.6. The number of nitrogens with one attached hydrogen (secondary N) is 1. The summed E-state index contributed by atoms with van der Waals surface area (Å²) in [6.45, 7) is 9.74. The van der Waals surface area contributed by atoms with Crippen LogP contribution in [0.4, 0.5) is 0 Å². The summed E-state index contributed by atoms with van der Waals surface area (Å²) in [6.07, 6.45) is 2.82. The van der Waals surface area contributed by atoms with Gasteiger partial charge in [0.15, 0.2) is 0 Å². The van der Waals surface area contributed by atoms with E-state index in [4.69, 9.17) is 4.42 Å². The molecule has 28 heavy (non-hydrogen) atoms. The molecule has 1 aromatic carbocycles. The Kier molecular flexibility index (Phi) is 7.99. The molecule has 2 heterocycles. The largest absolute Gasteiger partial charge is 0.421 e. The third-order valence-corrected chi connectivity index (χ3v) is 5.17. The Hall–Kier alpha value is -2.25. The number of likely N-dealkylation sites (N-methyl/N-ethyl adjacent to an activating group) is 1. The molecule has 1 aliphatic rings. The standard InChI is InChI=1S/C21H31N5O2/c1-2-25-14-16-26(17-15-25)13-7-12-22-19(27)10-6-11-20-23-24-21(28-20)18-8-4-3-5-9-18/h3-5,8-9H,2,6-7,10-17H2,1H3,(H,22,27). The van der Waals surface area contributed by atoms with E-state index < -0.39 is 0 Å². The van der Waals surface area contributed by atoms with Gasteiger partial charge in [-0.05, 0) is 38.1 Å². The van der Waals surface area contributed by atoms with Crippen molar-refractivity contribution in [2.45, 2.75) is 32.6 Å². The van der Waals surface area contributed by atoms with Crippen molar-refractivity contribution in [1.82, 2.24) is 25.3 Å². The first-order valence-corrected chi connectivity index (χ1v) is 10.3. The van der Waals surface area contributed by atoms with Gasteiger partial charge in [0, 0.05) is 51.1 Å². The highest BCUT2D eigenvalue weighted by Crippen LogP contribution is 2.17. The Morgan fingerprint density at radius 1 is 1.07 bits per heavy atom. The van der Waals surface area contributed by atoms with Gasteiger partial charge in [0.05, 0.1) is 0 Å². The summed E-state index contributed by atoms with van der Waals surface area (Å²) in [5, 5.41) is 11.2. The molecule has 3 rings (SSSR count). The number of carbonyl (C=O) groups excluding carboxylic acids is 1. The molecule has 7 heteroatoms. The molecule has 0 bridgehead atoms. The summed E-state index contributed by atoms with van der Waals surface area (Å²) in [7, 11) is 0. The van der Waals surface area contributed by atoms with Crippen molar-refractivity contribution in [2.24, 2.45) is 0 Å². The predicted molar refractivity (Wildman–Crippen MR) is 109 cm³/mol. The van der Waals surface area contributed by atoms with E-state index in [1.165, 1.54) is 0 Å². The van der Waals surface area contributed by atoms with Gasteiger partial charge < -0.3 is 19.5 Å². The van der Waals surface area contributed by atoms with E-state index in [1.807, 2.05) is 30.3 Å². The van der Waals surface area contributed by atoms with E-state index in [-0.39, 0.29) is 5.91 Å². The summed E-state index contributed by atoms with van der Waals surface area (Å²) in [5.41, 5.74) is 0.912. The number of rotatable bonds is 10. The van der Waals surface area contributed by atoms with Crippen LogP contribution in [0.5, 0.6) is 0 Å². The fourth-order valence-electron chi connectivity index (χ4n) is 3.40. The fourth-order valence-corrected chi connectivity index (χ4v) is 3.40. The number of benzene rings is 1. The van der Waals surface area contributed by atoms with Crippen LogP contribution in [0, 0.1) is 0 Å². The highest BCUT2D eigenvalue weighted by atomic mass is 16.4. The first-order valence-electron chi connectivity index (χ1n) is 10.3. The minimum Gasteiger partial charge on any atom is -0.421 e. The summed E-state index contributed by atoms with van der Waals surface area (Å²) in [4.78, 5) is 17.0. The molecular formula is C21H31N5O2. The van der Waals surface area contributed by atoms with Crippen LogP contribution in [-0.4, -0.2) is 71.7 Å². The zero-order valence-electron chi connectivity index (χ0n) is 16.8. The van der Waals surface area contributed by atoms with Crippen LogP contribution in [0.15, 0.2) is 34.7 Å². The van der Waals surface area contributed by atoms with Crippen molar-refractivity contribution in [2.75, 3.05) is 45.8 Å². The molecule has 0 radical (unpaired) electrons. The number of nitrogens with zero attached hydrogens (tertiary/aromatic N) is 4. The van der Waals surface area contributed by atoms with E-state index in [2.05, 4.69) is 32.2 Å². The van der Waals surface area contributed by atoms with Gasteiger partial charge in [-0.25, -0.2) is 0 Å². The molecule has 0 saturated carbocycles. The molecule has 1 N–H and O–H groups in total. The van der Waals surface area contributed by atoms with Gasteiger partial charge in [0.25, 0.3) is 0 Å². The lowest BCUT2D eigenvalue weighted by molar-refractivity contribution is -0.121. The third kappa shape index (κ3) is 6.42. The Balaban J connectivity index is 1.26. The molecular weight excluding hydrogens is 354 g/mol. The van der Waals surface area contributed by atoms with Gasteiger partial charge in [-0.2, -0.15) is 0 Å². The van der Waals surface area contributed by atoms with E-state index in [0.717, 1.165) is 57.8 Å². The van der Waals surface area contributed by atoms with Crippen molar-refractivity contribution in [1.29, 1.82) is 0 Å². The van der Waals surface area contributed by atoms with Crippen LogP contribution in [-0.2, 0) is 11.2 Å². The molecule has 1 aromatic heterocycles. The molecule has 1 fully saturated rings. The summed E-state index contributed by atoms with van der Waals surface area (Å²) < 4.78 is 5.67. The zero-order chi connectivity index (χ0) is 19.6. The fraction of sp³-hybridized carbons (Fsp3) is 0.571. The Morgan fingerprint density at radius 2 is 1.82 bits per heavy atom. The van der Waals surface area contributed by atoms with Crippen molar-refractivity contribution >= 4 is 5.91 Å². The number of piperazine rings is 1. The molecule has 2 aromatic rings. The maximum Gasteiger partial charge on any atom is 0.247 e. The Labute approximate surface area is 167 Å². The van der Waals surface area contributed by atoms with Crippen molar-refractivity contribution < 1.29 is 9.21 Å². The van der Waals surface area contributed by atoms with Crippen LogP contribution in [0.2, 0.25) is 0 Å². The first-order chi connectivity index (χ1) is 13.7. The minimum atomic E-state index is 0.0959. The van der Waals surface area contributed by atoms with Crippen LogP contribution in [0.25, 0.3) is 11.5 Å². The van der Waals surface area contributed by atoms with Crippen LogP contribution < -0.4 is 5.32 Å². The van der Waals surface area contributed by atoms with E-state index in [0.29, 0.717) is 31.0 Å².